The van der Waals surface area contributed by atoms with Gasteiger partial charge in [-0.05, 0) is 55.8 Å². The molecule has 3 aromatic carbocycles. The highest BCUT2D eigenvalue weighted by molar-refractivity contribution is 6.30. The van der Waals surface area contributed by atoms with Gasteiger partial charge < -0.3 is 14.0 Å². The number of carbonyl (C=O) groups excluding carboxylic acids is 2. The van der Waals surface area contributed by atoms with Crippen molar-refractivity contribution in [3.63, 3.8) is 0 Å². The van der Waals surface area contributed by atoms with E-state index in [1.807, 2.05) is 24.4 Å². The molecule has 2 heterocycles. The van der Waals surface area contributed by atoms with E-state index in [0.29, 0.717) is 27.6 Å². The topological polar surface area (TPSA) is 57.5 Å². The number of rotatable bonds is 5. The number of hydrogen-bond acceptors (Lipinski definition) is 4. The lowest BCUT2D eigenvalue weighted by Crippen LogP contribution is -2.12. The van der Waals surface area contributed by atoms with Gasteiger partial charge in [-0.1, -0.05) is 41.9 Å². The number of para-hydroxylation sites is 1. The summed E-state index contributed by atoms with van der Waals surface area (Å²) in [6, 6.07) is 18.4. The molecular formula is C28H22ClNO4. The van der Waals surface area contributed by atoms with Crippen LogP contribution in [0.15, 0.2) is 72.6 Å². The van der Waals surface area contributed by atoms with Crippen LogP contribution < -0.4 is 9.47 Å². The van der Waals surface area contributed by atoms with Crippen molar-refractivity contribution < 1.29 is 19.1 Å². The number of esters is 1. The lowest BCUT2D eigenvalue weighted by Gasteiger charge is -2.10. The number of aromatic nitrogens is 1. The molecule has 1 aliphatic heterocycles. The van der Waals surface area contributed by atoms with Gasteiger partial charge in [0.05, 0.1) is 12.0 Å². The molecular weight excluding hydrogens is 450 g/mol. The maximum absolute atomic E-state index is 13.0. The van der Waals surface area contributed by atoms with Gasteiger partial charge in [-0.3, -0.25) is 9.59 Å². The summed E-state index contributed by atoms with van der Waals surface area (Å²) >= 11 is 5.90. The maximum atomic E-state index is 13.0. The Morgan fingerprint density at radius 3 is 2.62 bits per heavy atom. The number of ether oxygens (including phenoxy) is 2. The van der Waals surface area contributed by atoms with Crippen LogP contribution in [0.1, 0.15) is 34.0 Å². The number of allylic oxidation sites excluding steroid dienone is 1. The molecule has 170 valence electrons. The van der Waals surface area contributed by atoms with Gasteiger partial charge in [-0.15, -0.1) is 0 Å². The highest BCUT2D eigenvalue weighted by Crippen LogP contribution is 2.40. The molecule has 5 nitrogen and oxygen atoms in total. The summed E-state index contributed by atoms with van der Waals surface area (Å²) < 4.78 is 13.7. The number of hydrogen-bond donors (Lipinski definition) is 0. The molecule has 6 heteroatoms. The molecule has 0 saturated heterocycles. The second-order valence-electron chi connectivity index (χ2n) is 8.17. The Labute approximate surface area is 202 Å². The Balaban J connectivity index is 1.40. The predicted molar refractivity (Wildman–Crippen MR) is 133 cm³/mol. The highest BCUT2D eigenvalue weighted by Gasteiger charge is 2.31. The number of nitrogens with zero attached hydrogens (tertiary/aromatic N) is 1. The Kier molecular flexibility index (Phi) is 5.72. The lowest BCUT2D eigenvalue weighted by atomic mass is 10.1. The minimum atomic E-state index is -0.405. The van der Waals surface area contributed by atoms with E-state index in [0.717, 1.165) is 28.6 Å². The zero-order valence-corrected chi connectivity index (χ0v) is 19.6. The average molecular weight is 472 g/mol. The van der Waals surface area contributed by atoms with Gasteiger partial charge in [0.15, 0.2) is 5.76 Å². The summed E-state index contributed by atoms with van der Waals surface area (Å²) in [6.45, 7) is 4.68. The first-order chi connectivity index (χ1) is 16.4. The average Bonchev–Trinajstić information content (AvgIpc) is 3.35. The number of ketones is 1. The van der Waals surface area contributed by atoms with E-state index in [4.69, 9.17) is 21.1 Å². The summed E-state index contributed by atoms with van der Waals surface area (Å²) in [4.78, 5) is 25.5. The third kappa shape index (κ3) is 3.99. The normalized spacial score (nSPS) is 13.9. The molecule has 0 radical (unpaired) electrons. The summed E-state index contributed by atoms with van der Waals surface area (Å²) in [7, 11) is 0. The van der Waals surface area contributed by atoms with Gasteiger partial charge in [0.1, 0.15) is 11.5 Å². The number of halogens is 1. The molecule has 0 saturated carbocycles. The quantitative estimate of drug-likeness (QED) is 0.192. The van der Waals surface area contributed by atoms with E-state index in [1.54, 1.807) is 49.4 Å². The van der Waals surface area contributed by atoms with Crippen LogP contribution in [-0.2, 0) is 17.8 Å². The third-order valence-corrected chi connectivity index (χ3v) is 6.22. The van der Waals surface area contributed by atoms with Crippen LogP contribution in [0.2, 0.25) is 5.02 Å². The summed E-state index contributed by atoms with van der Waals surface area (Å²) in [6.07, 6.45) is 3.91. The van der Waals surface area contributed by atoms with Crippen molar-refractivity contribution in [1.82, 2.24) is 4.57 Å². The van der Waals surface area contributed by atoms with Gasteiger partial charge in [0.25, 0.3) is 0 Å². The fourth-order valence-corrected chi connectivity index (χ4v) is 4.33. The van der Waals surface area contributed by atoms with Gasteiger partial charge in [0, 0.05) is 39.8 Å². The zero-order valence-electron chi connectivity index (χ0n) is 18.8. The molecule has 0 amide bonds. The minimum Gasteiger partial charge on any atom is -0.452 e. The van der Waals surface area contributed by atoms with Gasteiger partial charge >= 0.3 is 5.97 Å². The van der Waals surface area contributed by atoms with Crippen molar-refractivity contribution in [2.24, 2.45) is 0 Å². The monoisotopic (exact) mass is 471 g/mol. The van der Waals surface area contributed by atoms with Gasteiger partial charge in [0.2, 0.25) is 5.78 Å². The molecule has 5 rings (SSSR count). The van der Waals surface area contributed by atoms with E-state index in [1.165, 1.54) is 0 Å². The number of fused-ring (bicyclic) bond motifs is 2. The third-order valence-electron chi connectivity index (χ3n) is 5.97. The second kappa shape index (κ2) is 8.84. The van der Waals surface area contributed by atoms with E-state index in [9.17, 15) is 9.59 Å². The van der Waals surface area contributed by atoms with Crippen LogP contribution in [0.5, 0.6) is 11.5 Å². The Morgan fingerprint density at radius 2 is 1.85 bits per heavy atom. The van der Waals surface area contributed by atoms with Crippen LogP contribution in [0.25, 0.3) is 17.0 Å². The molecule has 1 aromatic heterocycles. The highest BCUT2D eigenvalue weighted by atomic mass is 35.5. The standard InChI is InChI=1S/C28H22ClNO4/c1-3-30-16-19(21-6-4-5-7-23(21)30)15-25-27(32)22-12-13-24(17(2)28(22)34-25)33-26(31)14-18-8-10-20(29)11-9-18/h4-13,15-16H,3,14H2,1-2H3/b25-15-. The van der Waals surface area contributed by atoms with Crippen molar-refractivity contribution in [1.29, 1.82) is 0 Å². The van der Waals surface area contributed by atoms with E-state index in [2.05, 4.69) is 17.6 Å². The van der Waals surface area contributed by atoms with Crippen LogP contribution in [-0.4, -0.2) is 16.3 Å². The van der Waals surface area contributed by atoms with Crippen molar-refractivity contribution in [3.8, 4) is 11.5 Å². The fraction of sp³-hybridized carbons (Fsp3) is 0.143. The predicted octanol–water partition coefficient (Wildman–Crippen LogP) is 6.39. The van der Waals surface area contributed by atoms with Gasteiger partial charge in [-0.25, -0.2) is 0 Å². The van der Waals surface area contributed by atoms with Crippen molar-refractivity contribution in [2.75, 3.05) is 0 Å². The molecule has 0 spiro atoms. The molecule has 0 N–H and O–H groups in total. The summed E-state index contributed by atoms with van der Waals surface area (Å²) in [5.74, 6) is 0.451. The Hall–Kier alpha value is -3.83. The van der Waals surface area contributed by atoms with E-state index < -0.39 is 5.97 Å². The molecule has 1 aliphatic rings. The molecule has 0 fully saturated rings. The maximum Gasteiger partial charge on any atom is 0.315 e. The number of benzene rings is 3. The van der Waals surface area contributed by atoms with Crippen molar-refractivity contribution >= 4 is 40.3 Å². The Morgan fingerprint density at radius 1 is 1.09 bits per heavy atom. The molecule has 4 aromatic rings. The van der Waals surface area contributed by atoms with Crippen LogP contribution in [0.4, 0.5) is 0 Å². The minimum absolute atomic E-state index is 0.111. The molecule has 34 heavy (non-hydrogen) atoms. The smallest absolute Gasteiger partial charge is 0.315 e. The van der Waals surface area contributed by atoms with E-state index >= 15 is 0 Å². The van der Waals surface area contributed by atoms with Crippen molar-refractivity contribution in [2.45, 2.75) is 26.8 Å². The SMILES string of the molecule is CCn1cc(/C=C2\Oc3c(ccc(OC(=O)Cc4ccc(Cl)cc4)c3C)C2=O)c2ccccc21. The Bertz CT molecular complexity index is 1460. The molecule has 0 aliphatic carbocycles. The lowest BCUT2D eigenvalue weighted by molar-refractivity contribution is -0.133. The first-order valence-electron chi connectivity index (χ1n) is 11.1. The van der Waals surface area contributed by atoms with E-state index in [-0.39, 0.29) is 18.0 Å². The molecule has 0 atom stereocenters. The molecule has 0 unspecified atom stereocenters. The largest absolute Gasteiger partial charge is 0.452 e. The zero-order chi connectivity index (χ0) is 23.8. The van der Waals surface area contributed by atoms with Crippen molar-refractivity contribution in [3.05, 3.63) is 99.9 Å². The van der Waals surface area contributed by atoms with Crippen LogP contribution >= 0.6 is 11.6 Å². The van der Waals surface area contributed by atoms with Gasteiger partial charge in [-0.2, -0.15) is 0 Å². The first kappa shape index (κ1) is 22.0. The second-order valence-corrected chi connectivity index (χ2v) is 8.61. The number of carbonyl (C=O) groups is 2. The molecule has 0 bridgehead atoms. The number of Topliss-reactive ketones (excluding diaryl/α,β-unsaturated/α-hetero) is 1. The first-order valence-corrected chi connectivity index (χ1v) is 11.4. The summed E-state index contributed by atoms with van der Waals surface area (Å²) in [5.41, 5.74) is 3.89. The fourth-order valence-electron chi connectivity index (χ4n) is 4.20. The number of aryl methyl sites for hydroxylation is 1. The summed E-state index contributed by atoms with van der Waals surface area (Å²) in [5, 5.41) is 1.66. The van der Waals surface area contributed by atoms with Crippen LogP contribution in [0, 0.1) is 6.92 Å². The van der Waals surface area contributed by atoms with Crippen LogP contribution in [0.3, 0.4) is 0 Å².